The van der Waals surface area contributed by atoms with E-state index < -0.39 is 11.6 Å². The van der Waals surface area contributed by atoms with Gasteiger partial charge < -0.3 is 14.8 Å². The van der Waals surface area contributed by atoms with Crippen LogP contribution in [0.5, 0.6) is 5.75 Å². The zero-order valence-corrected chi connectivity index (χ0v) is 13.2. The van der Waals surface area contributed by atoms with E-state index in [1.54, 1.807) is 6.92 Å². The molecule has 1 rings (SSSR count). The van der Waals surface area contributed by atoms with Gasteiger partial charge in [-0.05, 0) is 65.8 Å². The van der Waals surface area contributed by atoms with Crippen LogP contribution in [-0.4, -0.2) is 23.7 Å². The summed E-state index contributed by atoms with van der Waals surface area (Å²) in [6, 6.07) is 7.14. The second-order valence-corrected chi connectivity index (χ2v) is 6.09. The Balaban J connectivity index is 2.58. The van der Waals surface area contributed by atoms with Crippen molar-refractivity contribution in [1.82, 2.24) is 0 Å². The average Bonchev–Trinajstić information content (AvgIpc) is 2.28. The molecule has 0 aliphatic carbocycles. The molecule has 1 aromatic carbocycles. The first-order valence-electron chi connectivity index (χ1n) is 6.93. The van der Waals surface area contributed by atoms with Gasteiger partial charge in [0.2, 0.25) is 0 Å². The molecule has 4 nitrogen and oxygen atoms in total. The normalized spacial score (nSPS) is 12.9. The molecule has 0 heterocycles. The van der Waals surface area contributed by atoms with Gasteiger partial charge in [-0.25, -0.2) is 4.79 Å². The highest BCUT2D eigenvalue weighted by atomic mass is 16.6. The zero-order valence-electron chi connectivity index (χ0n) is 13.2. The van der Waals surface area contributed by atoms with E-state index in [9.17, 15) is 4.79 Å². The van der Waals surface area contributed by atoms with Crippen LogP contribution in [0.3, 0.4) is 0 Å². The Hall–Kier alpha value is -1.71. The van der Waals surface area contributed by atoms with E-state index >= 15 is 0 Å². The number of benzene rings is 1. The molecule has 0 amide bonds. The summed E-state index contributed by atoms with van der Waals surface area (Å²) in [6.07, 6.45) is 0.148. The number of carbonyl (C=O) groups is 1. The fraction of sp³-hybridized carbons (Fsp3) is 0.562. The highest BCUT2D eigenvalue weighted by Gasteiger charge is 2.21. The lowest BCUT2D eigenvalue weighted by Gasteiger charge is -2.23. The summed E-state index contributed by atoms with van der Waals surface area (Å²) in [4.78, 5) is 11.9. The average molecular weight is 279 g/mol. The van der Waals surface area contributed by atoms with Gasteiger partial charge in [-0.3, -0.25) is 0 Å². The molecule has 1 atom stereocenters. The first-order chi connectivity index (χ1) is 9.17. The van der Waals surface area contributed by atoms with Crippen LogP contribution in [0, 0.1) is 0 Å². The van der Waals surface area contributed by atoms with E-state index in [4.69, 9.17) is 9.47 Å². The highest BCUT2D eigenvalue weighted by molar-refractivity contribution is 5.79. The molecule has 4 heteroatoms. The Morgan fingerprint density at radius 3 is 2.10 bits per heavy atom. The lowest BCUT2D eigenvalue weighted by atomic mass is 10.2. The third kappa shape index (κ3) is 5.95. The van der Waals surface area contributed by atoms with Crippen molar-refractivity contribution in [2.75, 3.05) is 5.32 Å². The molecule has 1 unspecified atom stereocenters. The third-order valence-electron chi connectivity index (χ3n) is 2.37. The largest absolute Gasteiger partial charge is 0.491 e. The van der Waals surface area contributed by atoms with Crippen LogP contribution in [0.2, 0.25) is 0 Å². The van der Waals surface area contributed by atoms with Gasteiger partial charge in [0.25, 0.3) is 0 Å². The van der Waals surface area contributed by atoms with Crippen molar-refractivity contribution in [2.24, 2.45) is 0 Å². The van der Waals surface area contributed by atoms with Crippen LogP contribution in [0.25, 0.3) is 0 Å². The number of ether oxygens (including phenoxy) is 2. The monoisotopic (exact) mass is 279 g/mol. The zero-order chi connectivity index (χ0) is 15.3. The summed E-state index contributed by atoms with van der Waals surface area (Å²) < 4.78 is 10.9. The van der Waals surface area contributed by atoms with Crippen molar-refractivity contribution in [2.45, 2.75) is 59.3 Å². The first kappa shape index (κ1) is 16.3. The van der Waals surface area contributed by atoms with Crippen LogP contribution in [-0.2, 0) is 9.53 Å². The van der Waals surface area contributed by atoms with E-state index in [0.29, 0.717) is 0 Å². The topological polar surface area (TPSA) is 47.6 Å². The molecule has 0 aliphatic heterocycles. The lowest BCUT2D eigenvalue weighted by molar-refractivity contribution is -0.155. The minimum absolute atomic E-state index is 0.148. The van der Waals surface area contributed by atoms with Gasteiger partial charge in [0.05, 0.1) is 6.10 Å². The number of anilines is 1. The van der Waals surface area contributed by atoms with E-state index in [0.717, 1.165) is 11.4 Å². The Labute approximate surface area is 121 Å². The molecule has 0 aliphatic rings. The lowest BCUT2D eigenvalue weighted by Crippen LogP contribution is -2.34. The number of hydrogen-bond acceptors (Lipinski definition) is 4. The van der Waals surface area contributed by atoms with E-state index in [2.05, 4.69) is 5.32 Å². The molecule has 20 heavy (non-hydrogen) atoms. The van der Waals surface area contributed by atoms with Gasteiger partial charge >= 0.3 is 5.97 Å². The summed E-state index contributed by atoms with van der Waals surface area (Å²) in [5.74, 6) is 0.551. The molecule has 0 spiro atoms. The summed E-state index contributed by atoms with van der Waals surface area (Å²) in [6.45, 7) is 11.3. The molecular formula is C16H25NO3. The van der Waals surface area contributed by atoms with Crippen molar-refractivity contribution in [1.29, 1.82) is 0 Å². The quantitative estimate of drug-likeness (QED) is 0.836. The van der Waals surface area contributed by atoms with Crippen LogP contribution in [0.1, 0.15) is 41.5 Å². The maximum Gasteiger partial charge on any atom is 0.328 e. The molecule has 112 valence electrons. The predicted molar refractivity (Wildman–Crippen MR) is 81.1 cm³/mol. The molecular weight excluding hydrogens is 254 g/mol. The minimum Gasteiger partial charge on any atom is -0.491 e. The van der Waals surface area contributed by atoms with E-state index in [1.165, 1.54) is 0 Å². The summed E-state index contributed by atoms with van der Waals surface area (Å²) in [7, 11) is 0. The maximum absolute atomic E-state index is 11.9. The molecule has 1 N–H and O–H groups in total. The first-order valence-corrected chi connectivity index (χ1v) is 6.93. The Kier molecular flexibility index (Phi) is 5.43. The van der Waals surface area contributed by atoms with Gasteiger partial charge in [0.15, 0.2) is 0 Å². The summed E-state index contributed by atoms with van der Waals surface area (Å²) >= 11 is 0. The van der Waals surface area contributed by atoms with Crippen molar-refractivity contribution in [3.63, 3.8) is 0 Å². The van der Waals surface area contributed by atoms with Crippen molar-refractivity contribution >= 4 is 11.7 Å². The number of hydrogen-bond donors (Lipinski definition) is 1. The molecule has 0 aromatic heterocycles. The Bertz CT molecular complexity index is 432. The number of rotatable bonds is 5. The third-order valence-corrected chi connectivity index (χ3v) is 2.37. The van der Waals surface area contributed by atoms with Crippen LogP contribution >= 0.6 is 0 Å². The fourth-order valence-corrected chi connectivity index (χ4v) is 1.60. The SMILES string of the molecule is CC(C)Oc1ccc(NC(C)C(=O)OC(C)(C)C)cc1. The predicted octanol–water partition coefficient (Wildman–Crippen LogP) is 3.62. The fourth-order valence-electron chi connectivity index (χ4n) is 1.60. The van der Waals surface area contributed by atoms with Gasteiger partial charge in [0.1, 0.15) is 17.4 Å². The minimum atomic E-state index is -0.470. The molecule has 0 radical (unpaired) electrons. The van der Waals surface area contributed by atoms with Gasteiger partial charge in [-0.2, -0.15) is 0 Å². The summed E-state index contributed by atoms with van der Waals surface area (Å²) in [5.41, 5.74) is 0.390. The standard InChI is InChI=1S/C16H25NO3/c1-11(2)19-14-9-7-13(8-10-14)17-12(3)15(18)20-16(4,5)6/h7-12,17H,1-6H3. The summed E-state index contributed by atoms with van der Waals surface area (Å²) in [5, 5.41) is 3.11. The molecule has 0 bridgehead atoms. The number of esters is 1. The number of carbonyl (C=O) groups excluding carboxylic acids is 1. The molecule has 0 saturated carbocycles. The van der Waals surface area contributed by atoms with Crippen LogP contribution in [0.4, 0.5) is 5.69 Å². The van der Waals surface area contributed by atoms with Crippen molar-refractivity contribution in [3.05, 3.63) is 24.3 Å². The second kappa shape index (κ2) is 6.64. The number of nitrogens with one attached hydrogen (secondary N) is 1. The molecule has 0 saturated heterocycles. The Morgan fingerprint density at radius 1 is 1.10 bits per heavy atom. The van der Waals surface area contributed by atoms with Crippen molar-refractivity contribution < 1.29 is 14.3 Å². The van der Waals surface area contributed by atoms with Gasteiger partial charge in [-0.15, -0.1) is 0 Å². The van der Waals surface area contributed by atoms with Gasteiger partial charge in [-0.1, -0.05) is 0 Å². The highest BCUT2D eigenvalue weighted by Crippen LogP contribution is 2.18. The van der Waals surface area contributed by atoms with E-state index in [-0.39, 0.29) is 12.1 Å². The maximum atomic E-state index is 11.9. The smallest absolute Gasteiger partial charge is 0.328 e. The van der Waals surface area contributed by atoms with Crippen molar-refractivity contribution in [3.8, 4) is 5.75 Å². The Morgan fingerprint density at radius 2 is 1.65 bits per heavy atom. The van der Waals surface area contributed by atoms with Gasteiger partial charge in [0, 0.05) is 5.69 Å². The van der Waals surface area contributed by atoms with Crippen LogP contribution in [0.15, 0.2) is 24.3 Å². The molecule has 0 fully saturated rings. The second-order valence-electron chi connectivity index (χ2n) is 6.09. The molecule has 1 aromatic rings. The van der Waals surface area contributed by atoms with E-state index in [1.807, 2.05) is 58.9 Å². The van der Waals surface area contributed by atoms with Crippen LogP contribution < -0.4 is 10.1 Å².